The predicted octanol–water partition coefficient (Wildman–Crippen LogP) is 4.03. The van der Waals surface area contributed by atoms with Gasteiger partial charge in [0.05, 0.1) is 0 Å². The molecule has 0 heterocycles. The van der Waals surface area contributed by atoms with Crippen LogP contribution >= 0.6 is 11.8 Å². The Labute approximate surface area is 84.7 Å². The van der Waals surface area contributed by atoms with E-state index in [2.05, 4.69) is 43.0 Å². The zero-order valence-electron chi connectivity index (χ0n) is 8.12. The van der Waals surface area contributed by atoms with Gasteiger partial charge in [0.1, 0.15) is 0 Å². The molecular formula is C12H16S. The maximum Gasteiger partial charge on any atom is 0.00944 e. The fourth-order valence-electron chi connectivity index (χ4n) is 1.89. The Morgan fingerprint density at radius 2 is 2.00 bits per heavy atom. The van der Waals surface area contributed by atoms with Gasteiger partial charge in [-0.15, -0.1) is 11.8 Å². The molecule has 0 N–H and O–H groups in total. The predicted molar refractivity (Wildman–Crippen MR) is 59.3 cm³/mol. The monoisotopic (exact) mass is 192 g/mol. The van der Waals surface area contributed by atoms with Crippen LogP contribution in [0.25, 0.3) is 0 Å². The lowest BCUT2D eigenvalue weighted by atomic mass is 10.2. The van der Waals surface area contributed by atoms with Gasteiger partial charge < -0.3 is 0 Å². The summed E-state index contributed by atoms with van der Waals surface area (Å²) in [4.78, 5) is 1.45. The first-order valence-electron chi connectivity index (χ1n) is 5.08. The molecule has 0 aromatic heterocycles. The summed E-state index contributed by atoms with van der Waals surface area (Å²) in [5.74, 6) is 0. The van der Waals surface area contributed by atoms with Crippen molar-refractivity contribution in [2.75, 3.05) is 0 Å². The molecule has 0 radical (unpaired) electrons. The van der Waals surface area contributed by atoms with Gasteiger partial charge in [-0.3, -0.25) is 0 Å². The van der Waals surface area contributed by atoms with Crippen molar-refractivity contribution in [2.24, 2.45) is 0 Å². The fraction of sp³-hybridized carbons (Fsp3) is 0.500. The Balaban J connectivity index is 2.00. The average Bonchev–Trinajstić information content (AvgIpc) is 2.57. The molecule has 0 amide bonds. The summed E-state index contributed by atoms with van der Waals surface area (Å²) >= 11 is 2.07. The van der Waals surface area contributed by atoms with E-state index in [1.807, 2.05) is 0 Å². The molecule has 0 atom stereocenters. The van der Waals surface area contributed by atoms with Crippen molar-refractivity contribution in [3.63, 3.8) is 0 Å². The minimum absolute atomic E-state index is 0.891. The molecular weight excluding hydrogens is 176 g/mol. The van der Waals surface area contributed by atoms with Gasteiger partial charge >= 0.3 is 0 Å². The fourth-order valence-corrected chi connectivity index (χ4v) is 3.25. The highest BCUT2D eigenvalue weighted by molar-refractivity contribution is 8.00. The van der Waals surface area contributed by atoms with Crippen molar-refractivity contribution in [1.29, 1.82) is 0 Å². The van der Waals surface area contributed by atoms with Crippen molar-refractivity contribution < 1.29 is 0 Å². The van der Waals surface area contributed by atoms with E-state index in [4.69, 9.17) is 0 Å². The molecule has 0 nitrogen and oxygen atoms in total. The SMILES string of the molecule is Cc1cccc(SC2CCCC2)c1. The Morgan fingerprint density at radius 1 is 1.23 bits per heavy atom. The van der Waals surface area contributed by atoms with Gasteiger partial charge in [-0.05, 0) is 31.9 Å². The summed E-state index contributed by atoms with van der Waals surface area (Å²) < 4.78 is 0. The summed E-state index contributed by atoms with van der Waals surface area (Å²) in [5, 5.41) is 0.891. The van der Waals surface area contributed by atoms with Crippen LogP contribution in [0.3, 0.4) is 0 Å². The normalized spacial score (nSPS) is 17.9. The summed E-state index contributed by atoms with van der Waals surface area (Å²) in [5.41, 5.74) is 1.38. The topological polar surface area (TPSA) is 0 Å². The maximum atomic E-state index is 2.29. The number of hydrogen-bond donors (Lipinski definition) is 0. The zero-order chi connectivity index (χ0) is 9.10. The Bertz CT molecular complexity index is 274. The smallest absolute Gasteiger partial charge is 0.00944 e. The molecule has 0 saturated heterocycles. The summed E-state index contributed by atoms with van der Waals surface area (Å²) in [6, 6.07) is 8.85. The average molecular weight is 192 g/mol. The van der Waals surface area contributed by atoms with Gasteiger partial charge in [0.15, 0.2) is 0 Å². The van der Waals surface area contributed by atoms with Crippen LogP contribution in [0.5, 0.6) is 0 Å². The second kappa shape index (κ2) is 4.19. The first kappa shape index (κ1) is 9.14. The van der Waals surface area contributed by atoms with E-state index < -0.39 is 0 Å². The highest BCUT2D eigenvalue weighted by Crippen LogP contribution is 2.34. The molecule has 1 saturated carbocycles. The van der Waals surface area contributed by atoms with E-state index >= 15 is 0 Å². The van der Waals surface area contributed by atoms with Crippen LogP contribution in [0.15, 0.2) is 29.2 Å². The summed E-state index contributed by atoms with van der Waals surface area (Å²) in [6.45, 7) is 2.17. The van der Waals surface area contributed by atoms with Crippen LogP contribution in [0.2, 0.25) is 0 Å². The van der Waals surface area contributed by atoms with Crippen LogP contribution in [0.1, 0.15) is 31.2 Å². The second-order valence-electron chi connectivity index (χ2n) is 3.84. The Morgan fingerprint density at radius 3 is 2.69 bits per heavy atom. The number of hydrogen-bond acceptors (Lipinski definition) is 1. The molecule has 1 aliphatic carbocycles. The molecule has 2 rings (SSSR count). The molecule has 0 spiro atoms. The third-order valence-electron chi connectivity index (χ3n) is 2.59. The van der Waals surface area contributed by atoms with Crippen molar-refractivity contribution >= 4 is 11.8 Å². The van der Waals surface area contributed by atoms with E-state index in [0.717, 1.165) is 5.25 Å². The van der Waals surface area contributed by atoms with Crippen LogP contribution in [-0.2, 0) is 0 Å². The first-order valence-corrected chi connectivity index (χ1v) is 5.96. The molecule has 1 heteroatoms. The highest BCUT2D eigenvalue weighted by Gasteiger charge is 2.15. The number of benzene rings is 1. The van der Waals surface area contributed by atoms with Gasteiger partial charge in [0.2, 0.25) is 0 Å². The highest BCUT2D eigenvalue weighted by atomic mass is 32.2. The van der Waals surface area contributed by atoms with Crippen LogP contribution < -0.4 is 0 Å². The quantitative estimate of drug-likeness (QED) is 0.681. The number of aryl methyl sites for hydroxylation is 1. The number of thioether (sulfide) groups is 1. The standard InChI is InChI=1S/C12H16S/c1-10-5-4-8-12(9-10)13-11-6-2-3-7-11/h4-5,8-9,11H,2-3,6-7H2,1H3. The van der Waals surface area contributed by atoms with Gasteiger partial charge in [0, 0.05) is 10.1 Å². The third kappa shape index (κ3) is 2.50. The van der Waals surface area contributed by atoms with Crippen molar-refractivity contribution in [3.05, 3.63) is 29.8 Å². The minimum atomic E-state index is 0.891. The van der Waals surface area contributed by atoms with E-state index in [-0.39, 0.29) is 0 Å². The first-order chi connectivity index (χ1) is 6.34. The minimum Gasteiger partial charge on any atom is -0.123 e. The van der Waals surface area contributed by atoms with Crippen molar-refractivity contribution in [1.82, 2.24) is 0 Å². The van der Waals surface area contributed by atoms with Crippen molar-refractivity contribution in [2.45, 2.75) is 42.8 Å². The molecule has 13 heavy (non-hydrogen) atoms. The summed E-state index contributed by atoms with van der Waals surface area (Å²) in [6.07, 6.45) is 5.70. The molecule has 1 aromatic rings. The van der Waals surface area contributed by atoms with Gasteiger partial charge in [-0.25, -0.2) is 0 Å². The van der Waals surface area contributed by atoms with Crippen LogP contribution in [-0.4, -0.2) is 5.25 Å². The van der Waals surface area contributed by atoms with Gasteiger partial charge in [-0.1, -0.05) is 30.5 Å². The lowest BCUT2D eigenvalue weighted by Crippen LogP contribution is -1.92. The lowest BCUT2D eigenvalue weighted by Gasteiger charge is -2.08. The van der Waals surface area contributed by atoms with Crippen LogP contribution in [0.4, 0.5) is 0 Å². The molecule has 0 bridgehead atoms. The van der Waals surface area contributed by atoms with Gasteiger partial charge in [-0.2, -0.15) is 0 Å². The molecule has 1 fully saturated rings. The Kier molecular flexibility index (Phi) is 2.94. The molecule has 0 unspecified atom stereocenters. The van der Waals surface area contributed by atoms with E-state index in [1.54, 1.807) is 0 Å². The second-order valence-corrected chi connectivity index (χ2v) is 5.21. The Hall–Kier alpha value is -0.430. The molecule has 0 aliphatic heterocycles. The maximum absolute atomic E-state index is 2.29. The largest absolute Gasteiger partial charge is 0.123 e. The van der Waals surface area contributed by atoms with E-state index in [1.165, 1.54) is 36.1 Å². The van der Waals surface area contributed by atoms with Gasteiger partial charge in [0.25, 0.3) is 0 Å². The van der Waals surface area contributed by atoms with Crippen LogP contribution in [0, 0.1) is 6.92 Å². The molecule has 70 valence electrons. The van der Waals surface area contributed by atoms with E-state index in [9.17, 15) is 0 Å². The van der Waals surface area contributed by atoms with Crippen molar-refractivity contribution in [3.8, 4) is 0 Å². The molecule has 1 aromatic carbocycles. The number of rotatable bonds is 2. The zero-order valence-corrected chi connectivity index (χ0v) is 8.94. The third-order valence-corrected chi connectivity index (χ3v) is 3.93. The van der Waals surface area contributed by atoms with E-state index in [0.29, 0.717) is 0 Å². The summed E-state index contributed by atoms with van der Waals surface area (Å²) in [7, 11) is 0. The molecule has 1 aliphatic rings. The lowest BCUT2D eigenvalue weighted by molar-refractivity contribution is 0.886.